The number of hydrogen-bond donors (Lipinski definition) is 2. The number of nitrogens with zero attached hydrogens (tertiary/aromatic N) is 2. The summed E-state index contributed by atoms with van der Waals surface area (Å²) in [6, 6.07) is 10.3. The van der Waals surface area contributed by atoms with Gasteiger partial charge in [0.25, 0.3) is 0 Å². The summed E-state index contributed by atoms with van der Waals surface area (Å²) in [6.07, 6.45) is 4.27. The highest BCUT2D eigenvalue weighted by molar-refractivity contribution is 6.30. The van der Waals surface area contributed by atoms with Gasteiger partial charge in [0.15, 0.2) is 5.82 Å². The topological polar surface area (TPSA) is 49.8 Å². The second-order valence-corrected chi connectivity index (χ2v) is 6.43. The maximum Gasteiger partial charge on any atom is 0.161 e. The smallest absolute Gasteiger partial charge is 0.161 e. The molecule has 2 heterocycles. The van der Waals surface area contributed by atoms with Gasteiger partial charge < -0.3 is 10.6 Å². The number of aromatic nitrogens is 2. The van der Waals surface area contributed by atoms with E-state index >= 15 is 0 Å². The number of nitrogens with one attached hydrogen (secondary N) is 2. The van der Waals surface area contributed by atoms with Gasteiger partial charge in [0.1, 0.15) is 5.82 Å². The molecule has 0 unspecified atom stereocenters. The van der Waals surface area contributed by atoms with E-state index in [1.165, 1.54) is 0 Å². The average Bonchev–Trinajstić information content (AvgIpc) is 2.56. The Morgan fingerprint density at radius 3 is 2.78 bits per heavy atom. The molecule has 3 rings (SSSR count). The van der Waals surface area contributed by atoms with Gasteiger partial charge in [-0.05, 0) is 44.5 Å². The molecule has 2 N–H and O–H groups in total. The molecular formula is C18H23ClN4. The number of benzene rings is 1. The summed E-state index contributed by atoms with van der Waals surface area (Å²) in [7, 11) is 0. The van der Waals surface area contributed by atoms with Crippen LogP contribution in [0.25, 0.3) is 11.4 Å². The highest BCUT2D eigenvalue weighted by atomic mass is 35.5. The third-order valence-electron chi connectivity index (χ3n) is 4.06. The molecule has 0 bridgehead atoms. The monoisotopic (exact) mass is 330 g/mol. The molecule has 5 heteroatoms. The Kier molecular flexibility index (Phi) is 5.47. The van der Waals surface area contributed by atoms with Crippen molar-refractivity contribution in [2.75, 3.05) is 18.4 Å². The van der Waals surface area contributed by atoms with Gasteiger partial charge in [0.05, 0.1) is 0 Å². The molecule has 2 aromatic rings. The van der Waals surface area contributed by atoms with Crippen LogP contribution in [0.2, 0.25) is 5.02 Å². The Balaban J connectivity index is 1.89. The quantitative estimate of drug-likeness (QED) is 0.872. The fourth-order valence-corrected chi connectivity index (χ4v) is 3.08. The van der Waals surface area contributed by atoms with E-state index in [2.05, 4.69) is 23.6 Å². The summed E-state index contributed by atoms with van der Waals surface area (Å²) >= 11 is 6.11. The third-order valence-corrected chi connectivity index (χ3v) is 4.29. The van der Waals surface area contributed by atoms with Crippen LogP contribution in [0, 0.1) is 0 Å². The second kappa shape index (κ2) is 7.75. The standard InChI is InChI=1S/C18H23ClN4/c1-2-4-16-12-17(21-15-7-9-20-10-8-15)23-18(22-16)13-5-3-6-14(19)11-13/h3,5-6,11-12,15,20H,2,4,7-10H2,1H3,(H,21,22,23). The molecule has 1 aromatic heterocycles. The lowest BCUT2D eigenvalue weighted by Crippen LogP contribution is -2.35. The number of aryl methyl sites for hydroxylation is 1. The van der Waals surface area contributed by atoms with E-state index in [-0.39, 0.29) is 0 Å². The molecule has 0 radical (unpaired) electrons. The van der Waals surface area contributed by atoms with Crippen molar-refractivity contribution in [2.45, 2.75) is 38.6 Å². The van der Waals surface area contributed by atoms with Crippen molar-refractivity contribution in [3.8, 4) is 11.4 Å². The molecular weight excluding hydrogens is 308 g/mol. The van der Waals surface area contributed by atoms with E-state index in [4.69, 9.17) is 21.6 Å². The van der Waals surface area contributed by atoms with Gasteiger partial charge in [0.2, 0.25) is 0 Å². The largest absolute Gasteiger partial charge is 0.367 e. The van der Waals surface area contributed by atoms with Crippen LogP contribution in [0.4, 0.5) is 5.82 Å². The molecule has 1 saturated heterocycles. The zero-order valence-electron chi connectivity index (χ0n) is 13.5. The molecule has 0 aliphatic carbocycles. The van der Waals surface area contributed by atoms with Crippen molar-refractivity contribution in [2.24, 2.45) is 0 Å². The number of anilines is 1. The van der Waals surface area contributed by atoms with E-state index in [1.807, 2.05) is 24.3 Å². The fourth-order valence-electron chi connectivity index (χ4n) is 2.89. The Morgan fingerprint density at radius 2 is 2.04 bits per heavy atom. The van der Waals surface area contributed by atoms with Crippen LogP contribution in [0.3, 0.4) is 0 Å². The van der Waals surface area contributed by atoms with Gasteiger partial charge >= 0.3 is 0 Å². The van der Waals surface area contributed by atoms with Crippen LogP contribution in [-0.4, -0.2) is 29.1 Å². The summed E-state index contributed by atoms with van der Waals surface area (Å²) in [5.41, 5.74) is 2.04. The second-order valence-electron chi connectivity index (χ2n) is 6.00. The lowest BCUT2D eigenvalue weighted by molar-refractivity contribution is 0.478. The fraction of sp³-hybridized carbons (Fsp3) is 0.444. The molecule has 4 nitrogen and oxygen atoms in total. The summed E-state index contributed by atoms with van der Waals surface area (Å²) in [5.74, 6) is 1.67. The van der Waals surface area contributed by atoms with Gasteiger partial charge in [-0.15, -0.1) is 0 Å². The number of rotatable bonds is 5. The predicted octanol–water partition coefficient (Wildman–Crippen LogP) is 3.91. The normalized spacial score (nSPS) is 15.6. The van der Waals surface area contributed by atoms with Crippen molar-refractivity contribution in [1.29, 1.82) is 0 Å². The molecule has 1 aliphatic rings. The molecule has 1 fully saturated rings. The van der Waals surface area contributed by atoms with E-state index in [9.17, 15) is 0 Å². The maximum absolute atomic E-state index is 6.11. The highest BCUT2D eigenvalue weighted by Crippen LogP contribution is 2.23. The molecule has 1 aliphatic heterocycles. The van der Waals surface area contributed by atoms with Crippen LogP contribution in [0.1, 0.15) is 31.9 Å². The maximum atomic E-state index is 6.11. The minimum Gasteiger partial charge on any atom is -0.367 e. The molecule has 0 spiro atoms. The first-order valence-electron chi connectivity index (χ1n) is 8.36. The van der Waals surface area contributed by atoms with Crippen molar-refractivity contribution in [3.63, 3.8) is 0 Å². The number of halogens is 1. The van der Waals surface area contributed by atoms with Crippen LogP contribution in [0.15, 0.2) is 30.3 Å². The van der Waals surface area contributed by atoms with Crippen LogP contribution in [-0.2, 0) is 6.42 Å². The van der Waals surface area contributed by atoms with Crippen LogP contribution in [0.5, 0.6) is 0 Å². The van der Waals surface area contributed by atoms with Crippen LogP contribution >= 0.6 is 11.6 Å². The summed E-state index contributed by atoms with van der Waals surface area (Å²) < 4.78 is 0. The zero-order valence-corrected chi connectivity index (χ0v) is 14.2. The van der Waals surface area contributed by atoms with E-state index in [0.717, 1.165) is 61.7 Å². The van der Waals surface area contributed by atoms with E-state index in [1.54, 1.807) is 0 Å². The first-order chi connectivity index (χ1) is 11.2. The van der Waals surface area contributed by atoms with Gasteiger partial charge in [0, 0.05) is 28.4 Å². The average molecular weight is 331 g/mol. The summed E-state index contributed by atoms with van der Waals surface area (Å²) in [6.45, 7) is 4.29. The number of hydrogen-bond acceptors (Lipinski definition) is 4. The Bertz CT molecular complexity index is 653. The first-order valence-corrected chi connectivity index (χ1v) is 8.73. The predicted molar refractivity (Wildman–Crippen MR) is 96.0 cm³/mol. The lowest BCUT2D eigenvalue weighted by Gasteiger charge is -2.24. The van der Waals surface area contributed by atoms with Gasteiger partial charge in [-0.1, -0.05) is 37.1 Å². The van der Waals surface area contributed by atoms with E-state index in [0.29, 0.717) is 11.1 Å². The van der Waals surface area contributed by atoms with Crippen molar-refractivity contribution >= 4 is 17.4 Å². The lowest BCUT2D eigenvalue weighted by atomic mass is 10.1. The molecule has 23 heavy (non-hydrogen) atoms. The minimum absolute atomic E-state index is 0.479. The van der Waals surface area contributed by atoms with Crippen molar-refractivity contribution in [1.82, 2.24) is 15.3 Å². The summed E-state index contributed by atoms with van der Waals surface area (Å²) in [4.78, 5) is 9.43. The molecule has 0 saturated carbocycles. The van der Waals surface area contributed by atoms with Crippen molar-refractivity contribution < 1.29 is 0 Å². The third kappa shape index (κ3) is 4.43. The zero-order chi connectivity index (χ0) is 16.1. The van der Waals surface area contributed by atoms with Gasteiger partial charge in [-0.3, -0.25) is 0 Å². The van der Waals surface area contributed by atoms with Gasteiger partial charge in [-0.2, -0.15) is 0 Å². The molecule has 0 amide bonds. The Hall–Kier alpha value is -1.65. The number of piperidine rings is 1. The SMILES string of the molecule is CCCc1cc(NC2CCNCC2)nc(-c2cccc(Cl)c2)n1. The molecule has 1 aromatic carbocycles. The molecule has 122 valence electrons. The minimum atomic E-state index is 0.479. The Labute approximate surface area is 142 Å². The summed E-state index contributed by atoms with van der Waals surface area (Å²) in [5, 5.41) is 7.68. The van der Waals surface area contributed by atoms with E-state index < -0.39 is 0 Å². The molecule has 0 atom stereocenters. The highest BCUT2D eigenvalue weighted by Gasteiger charge is 2.14. The van der Waals surface area contributed by atoms with Crippen LogP contribution < -0.4 is 10.6 Å². The van der Waals surface area contributed by atoms with Crippen molar-refractivity contribution in [3.05, 3.63) is 41.0 Å². The van der Waals surface area contributed by atoms with Gasteiger partial charge in [-0.25, -0.2) is 9.97 Å². The first kappa shape index (κ1) is 16.2. The Morgan fingerprint density at radius 1 is 1.22 bits per heavy atom.